The molecule has 2 aromatic rings. The smallest absolute Gasteiger partial charge is 0.323 e. The van der Waals surface area contributed by atoms with E-state index in [1.54, 1.807) is 7.05 Å². The summed E-state index contributed by atoms with van der Waals surface area (Å²) in [5, 5.41) is 6.19. The van der Waals surface area contributed by atoms with Crippen LogP contribution in [0.3, 0.4) is 0 Å². The van der Waals surface area contributed by atoms with Crippen molar-refractivity contribution in [1.29, 1.82) is 0 Å². The summed E-state index contributed by atoms with van der Waals surface area (Å²) >= 11 is 0. The van der Waals surface area contributed by atoms with Crippen molar-refractivity contribution in [2.24, 2.45) is 0 Å². The Bertz CT molecular complexity index is 561. The molecule has 1 unspecified atom stereocenters. The van der Waals surface area contributed by atoms with Crippen molar-refractivity contribution in [2.45, 2.75) is 26.3 Å². The van der Waals surface area contributed by atoms with Crippen LogP contribution in [0.1, 0.15) is 19.4 Å². The van der Waals surface area contributed by atoms with Crippen LogP contribution in [0.2, 0.25) is 0 Å². The summed E-state index contributed by atoms with van der Waals surface area (Å²) in [4.78, 5) is 12.7. The number of aromatic nitrogens is 3. The number of hydrogen-bond acceptors (Lipinski definition) is 6. The van der Waals surface area contributed by atoms with Crippen molar-refractivity contribution in [1.82, 2.24) is 15.0 Å². The quantitative estimate of drug-likeness (QED) is 0.814. The standard InChI is InChI=1S/C15H21N5O/c1-4-21-15-19-13(16-3)18-14(20-15)17-11(2)10-12-8-6-5-7-9-12/h5-9,11H,4,10H2,1-3H3,(H2,16,17,18,19,20). The molecule has 0 fully saturated rings. The van der Waals surface area contributed by atoms with Crippen LogP contribution >= 0.6 is 0 Å². The van der Waals surface area contributed by atoms with Crippen LogP contribution in [0.15, 0.2) is 30.3 Å². The van der Waals surface area contributed by atoms with Crippen molar-refractivity contribution < 1.29 is 4.74 Å². The van der Waals surface area contributed by atoms with E-state index in [0.29, 0.717) is 24.5 Å². The van der Waals surface area contributed by atoms with Crippen LogP contribution in [0, 0.1) is 0 Å². The molecule has 0 radical (unpaired) electrons. The molecule has 6 nitrogen and oxygen atoms in total. The second kappa shape index (κ2) is 7.42. The van der Waals surface area contributed by atoms with E-state index in [1.807, 2.05) is 25.1 Å². The van der Waals surface area contributed by atoms with Gasteiger partial charge < -0.3 is 15.4 Å². The number of rotatable bonds is 7. The number of anilines is 2. The van der Waals surface area contributed by atoms with E-state index in [2.05, 4.69) is 44.6 Å². The molecule has 0 aliphatic heterocycles. The molecule has 1 aromatic carbocycles. The highest BCUT2D eigenvalue weighted by atomic mass is 16.5. The summed E-state index contributed by atoms with van der Waals surface area (Å²) in [5.41, 5.74) is 1.27. The molecule has 2 N–H and O–H groups in total. The highest BCUT2D eigenvalue weighted by molar-refractivity contribution is 5.36. The fourth-order valence-electron chi connectivity index (χ4n) is 1.97. The second-order valence-electron chi connectivity index (χ2n) is 4.68. The van der Waals surface area contributed by atoms with Gasteiger partial charge in [0.15, 0.2) is 0 Å². The average molecular weight is 287 g/mol. The third-order valence-corrected chi connectivity index (χ3v) is 2.87. The molecule has 6 heteroatoms. The number of ether oxygens (including phenoxy) is 1. The number of nitrogens with zero attached hydrogens (tertiary/aromatic N) is 3. The Kier molecular flexibility index (Phi) is 5.31. The summed E-state index contributed by atoms with van der Waals surface area (Å²) in [5.74, 6) is 1.00. The van der Waals surface area contributed by atoms with Gasteiger partial charge in [-0.05, 0) is 25.8 Å². The Labute approximate surface area is 125 Å². The molecule has 0 bridgehead atoms. The van der Waals surface area contributed by atoms with Crippen LogP contribution in [0.4, 0.5) is 11.9 Å². The number of nitrogens with one attached hydrogen (secondary N) is 2. The van der Waals surface area contributed by atoms with Crippen LogP contribution in [-0.2, 0) is 6.42 Å². The van der Waals surface area contributed by atoms with Crippen LogP contribution in [-0.4, -0.2) is 34.6 Å². The summed E-state index contributed by atoms with van der Waals surface area (Å²) in [7, 11) is 1.77. The van der Waals surface area contributed by atoms with Gasteiger partial charge in [0.05, 0.1) is 6.61 Å². The average Bonchev–Trinajstić information content (AvgIpc) is 2.48. The zero-order chi connectivity index (χ0) is 15.1. The first-order valence-corrected chi connectivity index (χ1v) is 7.08. The van der Waals surface area contributed by atoms with Crippen molar-refractivity contribution >= 4 is 11.9 Å². The summed E-state index contributed by atoms with van der Waals surface area (Å²) in [6, 6.07) is 10.8. The summed E-state index contributed by atoms with van der Waals surface area (Å²) < 4.78 is 5.35. The maximum absolute atomic E-state index is 5.35. The second-order valence-corrected chi connectivity index (χ2v) is 4.68. The highest BCUT2D eigenvalue weighted by Gasteiger charge is 2.09. The first-order chi connectivity index (χ1) is 10.2. The van der Waals surface area contributed by atoms with Gasteiger partial charge in [-0.15, -0.1) is 0 Å². The van der Waals surface area contributed by atoms with Gasteiger partial charge >= 0.3 is 6.01 Å². The van der Waals surface area contributed by atoms with Crippen LogP contribution in [0.25, 0.3) is 0 Å². The van der Waals surface area contributed by atoms with Crippen LogP contribution in [0.5, 0.6) is 6.01 Å². The zero-order valence-corrected chi connectivity index (χ0v) is 12.6. The largest absolute Gasteiger partial charge is 0.464 e. The normalized spacial score (nSPS) is 11.8. The fraction of sp³-hybridized carbons (Fsp3) is 0.400. The van der Waals surface area contributed by atoms with Gasteiger partial charge in [-0.25, -0.2) is 0 Å². The Balaban J connectivity index is 2.05. The van der Waals surface area contributed by atoms with Crippen molar-refractivity contribution in [3.05, 3.63) is 35.9 Å². The Morgan fingerprint density at radius 1 is 1.10 bits per heavy atom. The molecule has 0 saturated heterocycles. The van der Waals surface area contributed by atoms with E-state index in [9.17, 15) is 0 Å². The lowest BCUT2D eigenvalue weighted by Crippen LogP contribution is -2.20. The Morgan fingerprint density at radius 2 is 1.81 bits per heavy atom. The predicted molar refractivity (Wildman–Crippen MR) is 83.8 cm³/mol. The van der Waals surface area contributed by atoms with Crippen LogP contribution < -0.4 is 15.4 Å². The minimum absolute atomic E-state index is 0.203. The predicted octanol–water partition coefficient (Wildman–Crippen LogP) is 2.36. The van der Waals surface area contributed by atoms with Gasteiger partial charge in [-0.1, -0.05) is 30.3 Å². The summed E-state index contributed by atoms with van der Waals surface area (Å²) in [6.45, 7) is 4.51. The molecule has 0 spiro atoms. The SMILES string of the molecule is CCOc1nc(NC)nc(NC(C)Cc2ccccc2)n1. The van der Waals surface area contributed by atoms with Gasteiger partial charge in [0.2, 0.25) is 11.9 Å². The third kappa shape index (κ3) is 4.59. The molecule has 1 aromatic heterocycles. The van der Waals surface area contributed by atoms with E-state index >= 15 is 0 Å². The molecule has 1 atom stereocenters. The molecular formula is C15H21N5O. The van der Waals surface area contributed by atoms with Crippen molar-refractivity contribution in [2.75, 3.05) is 24.3 Å². The van der Waals surface area contributed by atoms with Gasteiger partial charge in [0.25, 0.3) is 0 Å². The molecule has 0 saturated carbocycles. The van der Waals surface area contributed by atoms with E-state index in [1.165, 1.54) is 5.56 Å². The number of benzene rings is 1. The van der Waals surface area contributed by atoms with Gasteiger partial charge in [0.1, 0.15) is 0 Å². The third-order valence-electron chi connectivity index (χ3n) is 2.87. The molecule has 0 aliphatic carbocycles. The van der Waals surface area contributed by atoms with E-state index in [0.717, 1.165) is 6.42 Å². The lowest BCUT2D eigenvalue weighted by molar-refractivity contribution is 0.312. The molecule has 0 amide bonds. The Hall–Kier alpha value is -2.37. The van der Waals surface area contributed by atoms with E-state index in [4.69, 9.17) is 4.74 Å². The summed E-state index contributed by atoms with van der Waals surface area (Å²) in [6.07, 6.45) is 0.894. The zero-order valence-electron chi connectivity index (χ0n) is 12.6. The molecule has 21 heavy (non-hydrogen) atoms. The van der Waals surface area contributed by atoms with E-state index in [-0.39, 0.29) is 6.04 Å². The molecule has 1 heterocycles. The number of hydrogen-bond donors (Lipinski definition) is 2. The van der Waals surface area contributed by atoms with Gasteiger partial charge in [0, 0.05) is 13.1 Å². The lowest BCUT2D eigenvalue weighted by Gasteiger charge is -2.15. The molecule has 112 valence electrons. The van der Waals surface area contributed by atoms with E-state index < -0.39 is 0 Å². The molecule has 2 rings (SSSR count). The maximum atomic E-state index is 5.35. The first kappa shape index (κ1) is 15.0. The van der Waals surface area contributed by atoms with Gasteiger partial charge in [-0.2, -0.15) is 15.0 Å². The topological polar surface area (TPSA) is 72.0 Å². The highest BCUT2D eigenvalue weighted by Crippen LogP contribution is 2.13. The van der Waals surface area contributed by atoms with Crippen molar-refractivity contribution in [3.63, 3.8) is 0 Å². The minimum Gasteiger partial charge on any atom is -0.464 e. The maximum Gasteiger partial charge on any atom is 0.323 e. The lowest BCUT2D eigenvalue weighted by atomic mass is 10.1. The fourth-order valence-corrected chi connectivity index (χ4v) is 1.97. The van der Waals surface area contributed by atoms with Gasteiger partial charge in [-0.3, -0.25) is 0 Å². The Morgan fingerprint density at radius 3 is 2.48 bits per heavy atom. The molecular weight excluding hydrogens is 266 g/mol. The van der Waals surface area contributed by atoms with Crippen molar-refractivity contribution in [3.8, 4) is 6.01 Å². The molecule has 0 aliphatic rings. The first-order valence-electron chi connectivity index (χ1n) is 7.08. The monoisotopic (exact) mass is 287 g/mol. The minimum atomic E-state index is 0.203.